The fourth-order valence-electron chi connectivity index (χ4n) is 1.21. The first-order valence-corrected chi connectivity index (χ1v) is 4.19. The maximum atomic E-state index is 12.2. The Kier molecular flexibility index (Phi) is 3.30. The number of nitrogens with zero attached hydrogens (tertiary/aromatic N) is 2. The van der Waals surface area contributed by atoms with Gasteiger partial charge in [-0.2, -0.15) is 13.2 Å². The standard InChI is InChI=1S/C8H3F3N2O5/c9-8(10,11)7(14)6-4(12(15)16)2-1-3-5(6)13(17)18/h1-3H. The maximum absolute atomic E-state index is 12.2. The Hall–Kier alpha value is -2.52. The number of halogens is 3. The van der Waals surface area contributed by atoms with E-state index < -0.39 is 38.7 Å². The zero-order chi connectivity index (χ0) is 14.1. The van der Waals surface area contributed by atoms with Crippen molar-refractivity contribution in [3.63, 3.8) is 0 Å². The molecule has 0 bridgehead atoms. The van der Waals surface area contributed by atoms with Crippen molar-refractivity contribution in [2.75, 3.05) is 0 Å². The molecule has 18 heavy (non-hydrogen) atoms. The van der Waals surface area contributed by atoms with E-state index in [-0.39, 0.29) is 0 Å². The monoisotopic (exact) mass is 264 g/mol. The van der Waals surface area contributed by atoms with Crippen LogP contribution in [0.25, 0.3) is 0 Å². The molecule has 0 radical (unpaired) electrons. The van der Waals surface area contributed by atoms with Crippen molar-refractivity contribution in [2.24, 2.45) is 0 Å². The van der Waals surface area contributed by atoms with Crippen molar-refractivity contribution >= 4 is 17.2 Å². The largest absolute Gasteiger partial charge is 0.455 e. The molecule has 0 atom stereocenters. The minimum atomic E-state index is -5.43. The van der Waals surface area contributed by atoms with E-state index >= 15 is 0 Å². The Labute approximate surface area is 96.1 Å². The molecule has 1 aromatic carbocycles. The third-order valence-corrected chi connectivity index (χ3v) is 1.90. The van der Waals surface area contributed by atoms with Crippen LogP contribution in [0.3, 0.4) is 0 Å². The van der Waals surface area contributed by atoms with Gasteiger partial charge in [0.05, 0.1) is 9.85 Å². The fraction of sp³-hybridized carbons (Fsp3) is 0.125. The Bertz CT molecular complexity index is 508. The van der Waals surface area contributed by atoms with Crippen LogP contribution < -0.4 is 0 Å². The summed E-state index contributed by atoms with van der Waals surface area (Å²) in [5.41, 5.74) is -4.09. The van der Waals surface area contributed by atoms with Crippen LogP contribution in [-0.4, -0.2) is 21.8 Å². The smallest absolute Gasteiger partial charge is 0.283 e. The number of benzene rings is 1. The summed E-state index contributed by atoms with van der Waals surface area (Å²) in [4.78, 5) is 29.4. The Morgan fingerprint density at radius 3 is 1.72 bits per heavy atom. The van der Waals surface area contributed by atoms with Crippen LogP contribution >= 0.6 is 0 Å². The lowest BCUT2D eigenvalue weighted by molar-refractivity contribution is -0.394. The number of nitro benzene ring substituents is 2. The van der Waals surface area contributed by atoms with Crippen molar-refractivity contribution < 1.29 is 27.8 Å². The van der Waals surface area contributed by atoms with Crippen molar-refractivity contribution in [3.05, 3.63) is 44.0 Å². The van der Waals surface area contributed by atoms with Gasteiger partial charge in [-0.15, -0.1) is 0 Å². The van der Waals surface area contributed by atoms with Gasteiger partial charge < -0.3 is 0 Å². The zero-order valence-electron chi connectivity index (χ0n) is 8.30. The molecule has 0 heterocycles. The minimum absolute atomic E-state index is 0.589. The second kappa shape index (κ2) is 4.39. The van der Waals surface area contributed by atoms with Crippen LogP contribution in [0.2, 0.25) is 0 Å². The molecule has 0 saturated heterocycles. The summed E-state index contributed by atoms with van der Waals surface area (Å²) in [5.74, 6) is -2.62. The summed E-state index contributed by atoms with van der Waals surface area (Å²) < 4.78 is 36.7. The zero-order valence-corrected chi connectivity index (χ0v) is 8.30. The number of alkyl halides is 3. The van der Waals surface area contributed by atoms with Crippen molar-refractivity contribution in [2.45, 2.75) is 6.18 Å². The van der Waals surface area contributed by atoms with Gasteiger partial charge in [-0.1, -0.05) is 0 Å². The highest BCUT2D eigenvalue weighted by Crippen LogP contribution is 2.33. The molecule has 7 nitrogen and oxygen atoms in total. The summed E-state index contributed by atoms with van der Waals surface area (Å²) in [6, 6.07) is 2.00. The number of rotatable bonds is 3. The normalized spacial score (nSPS) is 11.1. The van der Waals surface area contributed by atoms with E-state index in [0.29, 0.717) is 12.1 Å². The van der Waals surface area contributed by atoms with Crippen molar-refractivity contribution in [1.29, 1.82) is 0 Å². The van der Waals surface area contributed by atoms with Gasteiger partial charge in [0.25, 0.3) is 17.2 Å². The fourth-order valence-corrected chi connectivity index (χ4v) is 1.21. The summed E-state index contributed by atoms with van der Waals surface area (Å²) in [7, 11) is 0. The van der Waals surface area contributed by atoms with Crippen LogP contribution in [0.1, 0.15) is 10.4 Å². The quantitative estimate of drug-likeness (QED) is 0.473. The van der Waals surface area contributed by atoms with Crippen LogP contribution in [0.5, 0.6) is 0 Å². The lowest BCUT2D eigenvalue weighted by Gasteiger charge is -2.06. The molecule has 1 aromatic rings. The molecule has 96 valence electrons. The molecular formula is C8H3F3N2O5. The number of ketones is 1. The van der Waals surface area contributed by atoms with Crippen molar-refractivity contribution in [1.82, 2.24) is 0 Å². The van der Waals surface area contributed by atoms with Gasteiger partial charge in [0.2, 0.25) is 0 Å². The molecule has 0 aliphatic heterocycles. The van der Waals surface area contributed by atoms with E-state index in [1.807, 2.05) is 0 Å². The first-order valence-electron chi connectivity index (χ1n) is 4.19. The number of carbonyl (C=O) groups is 1. The molecule has 10 heteroatoms. The van der Waals surface area contributed by atoms with Crippen LogP contribution in [0.15, 0.2) is 18.2 Å². The number of hydrogen-bond donors (Lipinski definition) is 0. The number of nitro groups is 2. The van der Waals surface area contributed by atoms with E-state index in [1.165, 1.54) is 0 Å². The molecular weight excluding hydrogens is 261 g/mol. The molecule has 0 fully saturated rings. The van der Waals surface area contributed by atoms with Gasteiger partial charge in [-0.3, -0.25) is 25.0 Å². The number of carbonyl (C=O) groups excluding carboxylic acids is 1. The molecule has 0 saturated carbocycles. The predicted molar refractivity (Wildman–Crippen MR) is 50.1 cm³/mol. The Morgan fingerprint density at radius 2 is 1.44 bits per heavy atom. The van der Waals surface area contributed by atoms with Crippen LogP contribution in [0, 0.1) is 20.2 Å². The molecule has 0 aliphatic carbocycles. The van der Waals surface area contributed by atoms with E-state index in [1.54, 1.807) is 0 Å². The highest BCUT2D eigenvalue weighted by molar-refractivity contribution is 6.06. The molecule has 0 spiro atoms. The second-order valence-electron chi connectivity index (χ2n) is 3.01. The summed E-state index contributed by atoms with van der Waals surface area (Å²) in [5, 5.41) is 21.0. The number of Topliss-reactive ketones (excluding diaryl/α,β-unsaturated/α-hetero) is 1. The second-order valence-corrected chi connectivity index (χ2v) is 3.01. The first-order chi connectivity index (χ1) is 8.16. The Morgan fingerprint density at radius 1 is 1.06 bits per heavy atom. The van der Waals surface area contributed by atoms with Crippen molar-refractivity contribution in [3.8, 4) is 0 Å². The maximum Gasteiger partial charge on any atom is 0.455 e. The van der Waals surface area contributed by atoms with Gasteiger partial charge in [-0.05, 0) is 6.07 Å². The average molecular weight is 264 g/mol. The molecule has 0 N–H and O–H groups in total. The van der Waals surface area contributed by atoms with Gasteiger partial charge in [0, 0.05) is 12.1 Å². The van der Waals surface area contributed by atoms with E-state index in [4.69, 9.17) is 0 Å². The average Bonchev–Trinajstić information content (AvgIpc) is 2.25. The summed E-state index contributed by atoms with van der Waals surface area (Å²) in [6.07, 6.45) is -5.43. The van der Waals surface area contributed by atoms with Gasteiger partial charge in [0.1, 0.15) is 0 Å². The predicted octanol–water partition coefficient (Wildman–Crippen LogP) is 2.25. The Balaban J connectivity index is 3.61. The molecule has 0 aromatic heterocycles. The highest BCUT2D eigenvalue weighted by Gasteiger charge is 2.46. The molecule has 0 aliphatic rings. The van der Waals surface area contributed by atoms with E-state index in [2.05, 4.69) is 0 Å². The third-order valence-electron chi connectivity index (χ3n) is 1.90. The van der Waals surface area contributed by atoms with Gasteiger partial charge >= 0.3 is 6.18 Å². The van der Waals surface area contributed by atoms with Gasteiger partial charge in [-0.25, -0.2) is 0 Å². The lowest BCUT2D eigenvalue weighted by atomic mass is 10.1. The van der Waals surface area contributed by atoms with Crippen LogP contribution in [0.4, 0.5) is 24.5 Å². The van der Waals surface area contributed by atoms with E-state index in [9.17, 15) is 38.2 Å². The SMILES string of the molecule is O=C(c1c([N+](=O)[O-])cccc1[N+](=O)[O-])C(F)(F)F. The summed E-state index contributed by atoms with van der Waals surface area (Å²) >= 11 is 0. The highest BCUT2D eigenvalue weighted by atomic mass is 19.4. The molecule has 0 unspecified atom stereocenters. The topological polar surface area (TPSA) is 103 Å². The lowest BCUT2D eigenvalue weighted by Crippen LogP contribution is -2.24. The summed E-state index contributed by atoms with van der Waals surface area (Å²) in [6.45, 7) is 0. The molecule has 1 rings (SSSR count). The molecule has 0 amide bonds. The third kappa shape index (κ3) is 2.42. The van der Waals surface area contributed by atoms with Gasteiger partial charge in [0.15, 0.2) is 5.56 Å². The first kappa shape index (κ1) is 13.5. The minimum Gasteiger partial charge on any atom is -0.283 e. The van der Waals surface area contributed by atoms with E-state index in [0.717, 1.165) is 6.07 Å². The van der Waals surface area contributed by atoms with Crippen LogP contribution in [-0.2, 0) is 0 Å². The number of hydrogen-bond acceptors (Lipinski definition) is 5.